The largest absolute Gasteiger partial charge is 0.438 e. The molecule has 0 unspecified atom stereocenters. The van der Waals surface area contributed by atoms with Crippen molar-refractivity contribution in [2.24, 2.45) is 0 Å². The molecule has 0 aliphatic rings. The smallest absolute Gasteiger partial charge is 0.232 e. The van der Waals surface area contributed by atoms with E-state index in [1.54, 1.807) is 11.3 Å². The summed E-state index contributed by atoms with van der Waals surface area (Å²) in [5.41, 5.74) is 1.03. The molecule has 0 aliphatic heterocycles. The van der Waals surface area contributed by atoms with E-state index in [1.807, 2.05) is 25.1 Å². The lowest BCUT2D eigenvalue weighted by molar-refractivity contribution is 0.464. The van der Waals surface area contributed by atoms with Crippen LogP contribution in [0.15, 0.2) is 28.7 Å². The van der Waals surface area contributed by atoms with Crippen LogP contribution in [0.25, 0.3) is 10.2 Å². The summed E-state index contributed by atoms with van der Waals surface area (Å²) in [5, 5.41) is 1.11. The van der Waals surface area contributed by atoms with Crippen LogP contribution in [0.4, 0.5) is 0 Å². The van der Waals surface area contributed by atoms with Gasteiger partial charge in [-0.3, -0.25) is 0 Å². The van der Waals surface area contributed by atoms with Crippen molar-refractivity contribution in [2.45, 2.75) is 20.3 Å². The van der Waals surface area contributed by atoms with E-state index < -0.39 is 0 Å². The first kappa shape index (κ1) is 14.8. The lowest BCUT2D eigenvalue weighted by atomic mass is 10.2. The zero-order chi connectivity index (χ0) is 15.0. The molecule has 21 heavy (non-hydrogen) atoms. The van der Waals surface area contributed by atoms with Gasteiger partial charge in [-0.15, -0.1) is 11.3 Å². The number of hydrogen-bond acceptors (Lipinski definition) is 4. The Bertz CT molecular complexity index is 819. The number of hydrogen-bond donors (Lipinski definition) is 0. The Hall–Kier alpha value is -1.17. The summed E-state index contributed by atoms with van der Waals surface area (Å²) in [7, 11) is 0. The second kappa shape index (κ2) is 5.91. The van der Waals surface area contributed by atoms with Crippen molar-refractivity contribution in [1.29, 1.82) is 0 Å². The van der Waals surface area contributed by atoms with E-state index in [4.69, 9.17) is 16.3 Å². The molecule has 108 valence electrons. The number of rotatable bonds is 3. The lowest BCUT2D eigenvalue weighted by Crippen LogP contribution is -1.93. The van der Waals surface area contributed by atoms with Gasteiger partial charge in [0.2, 0.25) is 11.2 Å². The van der Waals surface area contributed by atoms with Crippen molar-refractivity contribution in [3.63, 3.8) is 0 Å². The number of thiophene rings is 1. The van der Waals surface area contributed by atoms with Crippen LogP contribution >= 0.6 is 38.9 Å². The molecule has 0 N–H and O–H groups in total. The molecular formula is C15H12BrClN2OS. The van der Waals surface area contributed by atoms with Crippen molar-refractivity contribution in [3.05, 3.63) is 44.5 Å². The third-order valence-electron chi connectivity index (χ3n) is 3.09. The number of fused-ring (bicyclic) bond motifs is 1. The molecule has 3 nitrogen and oxygen atoms in total. The lowest BCUT2D eigenvalue weighted by Gasteiger charge is -2.09. The first-order valence-electron chi connectivity index (χ1n) is 6.46. The highest BCUT2D eigenvalue weighted by Crippen LogP contribution is 2.35. The molecule has 0 aliphatic carbocycles. The number of aromatic nitrogens is 2. The van der Waals surface area contributed by atoms with Crippen molar-refractivity contribution in [2.75, 3.05) is 0 Å². The summed E-state index contributed by atoms with van der Waals surface area (Å²) in [6, 6.07) is 7.96. The molecule has 3 rings (SSSR count). The van der Waals surface area contributed by atoms with Crippen LogP contribution in [0, 0.1) is 6.92 Å². The van der Waals surface area contributed by atoms with Gasteiger partial charge < -0.3 is 4.74 Å². The Balaban J connectivity index is 2.11. The minimum absolute atomic E-state index is 0.203. The molecule has 0 saturated heterocycles. The highest BCUT2D eigenvalue weighted by atomic mass is 79.9. The summed E-state index contributed by atoms with van der Waals surface area (Å²) in [4.78, 5) is 10.6. The van der Waals surface area contributed by atoms with Crippen LogP contribution < -0.4 is 4.74 Å². The molecule has 0 amide bonds. The number of aryl methyl sites for hydroxylation is 2. The van der Waals surface area contributed by atoms with Gasteiger partial charge in [0.1, 0.15) is 10.6 Å². The number of benzene rings is 1. The Morgan fingerprint density at radius 2 is 2.10 bits per heavy atom. The number of ether oxygens (including phenoxy) is 1. The first-order chi connectivity index (χ1) is 10.1. The minimum Gasteiger partial charge on any atom is -0.438 e. The van der Waals surface area contributed by atoms with E-state index in [1.165, 1.54) is 4.88 Å². The molecular weight excluding hydrogens is 372 g/mol. The molecule has 0 radical (unpaired) electrons. The fourth-order valence-corrected chi connectivity index (χ4v) is 3.47. The van der Waals surface area contributed by atoms with Crippen LogP contribution in [-0.4, -0.2) is 9.97 Å². The van der Waals surface area contributed by atoms with Crippen molar-refractivity contribution in [1.82, 2.24) is 9.97 Å². The molecule has 0 bridgehead atoms. The predicted octanol–water partition coefficient (Wildman–Crippen LogP) is 5.77. The third-order valence-corrected chi connectivity index (χ3v) is 4.92. The normalized spacial score (nSPS) is 11.0. The molecule has 6 heteroatoms. The van der Waals surface area contributed by atoms with Crippen LogP contribution in [0.2, 0.25) is 5.28 Å². The Labute approximate surface area is 140 Å². The maximum Gasteiger partial charge on any atom is 0.232 e. The molecule has 0 fully saturated rings. The Morgan fingerprint density at radius 1 is 1.29 bits per heavy atom. The van der Waals surface area contributed by atoms with Gasteiger partial charge in [0.15, 0.2) is 0 Å². The van der Waals surface area contributed by atoms with Crippen molar-refractivity contribution >= 4 is 49.1 Å². The molecule has 1 aromatic carbocycles. The first-order valence-corrected chi connectivity index (χ1v) is 8.45. The third kappa shape index (κ3) is 3.05. The number of halogens is 2. The molecule has 0 atom stereocenters. The Kier molecular flexibility index (Phi) is 4.15. The zero-order valence-electron chi connectivity index (χ0n) is 11.5. The van der Waals surface area contributed by atoms with Gasteiger partial charge in [0, 0.05) is 9.35 Å². The van der Waals surface area contributed by atoms with Crippen LogP contribution in [0.5, 0.6) is 11.6 Å². The monoisotopic (exact) mass is 382 g/mol. The highest BCUT2D eigenvalue weighted by Gasteiger charge is 2.13. The zero-order valence-corrected chi connectivity index (χ0v) is 14.6. The summed E-state index contributed by atoms with van der Waals surface area (Å²) in [5.74, 6) is 1.26. The van der Waals surface area contributed by atoms with Crippen LogP contribution in [0.1, 0.15) is 17.4 Å². The van der Waals surface area contributed by atoms with E-state index in [-0.39, 0.29) is 5.28 Å². The second-order valence-corrected chi connectivity index (χ2v) is 6.96. The van der Waals surface area contributed by atoms with Gasteiger partial charge in [-0.1, -0.05) is 28.9 Å². The van der Waals surface area contributed by atoms with E-state index in [2.05, 4.69) is 38.9 Å². The quantitative estimate of drug-likeness (QED) is 0.538. The molecule has 0 saturated carbocycles. The topological polar surface area (TPSA) is 35.0 Å². The van der Waals surface area contributed by atoms with E-state index in [0.717, 1.165) is 32.4 Å². The van der Waals surface area contributed by atoms with Crippen LogP contribution in [0.3, 0.4) is 0 Å². The molecule has 2 aromatic heterocycles. The van der Waals surface area contributed by atoms with Gasteiger partial charge in [-0.25, -0.2) is 4.98 Å². The second-order valence-electron chi connectivity index (χ2n) is 4.59. The SMILES string of the molecule is CCc1cc2c(Oc3cc(Br)ccc3C)nc(Cl)nc2s1. The highest BCUT2D eigenvalue weighted by molar-refractivity contribution is 9.10. The maximum absolute atomic E-state index is 6.01. The van der Waals surface area contributed by atoms with Gasteiger partial charge in [0.25, 0.3) is 0 Å². The predicted molar refractivity (Wildman–Crippen MR) is 90.8 cm³/mol. The standard InChI is InChI=1S/C15H12BrClN2OS/c1-3-10-7-11-13(18-15(17)19-14(11)21-10)20-12-6-9(16)5-4-8(12)2/h4-7H,3H2,1-2H3. The summed E-state index contributed by atoms with van der Waals surface area (Å²) < 4.78 is 6.94. The average Bonchev–Trinajstić information content (AvgIpc) is 2.86. The van der Waals surface area contributed by atoms with Gasteiger partial charge >= 0.3 is 0 Å². The van der Waals surface area contributed by atoms with E-state index >= 15 is 0 Å². The van der Waals surface area contributed by atoms with E-state index in [9.17, 15) is 0 Å². The summed E-state index contributed by atoms with van der Waals surface area (Å²) in [6.07, 6.45) is 0.952. The molecule has 0 spiro atoms. The maximum atomic E-state index is 6.01. The van der Waals surface area contributed by atoms with E-state index in [0.29, 0.717) is 5.88 Å². The van der Waals surface area contributed by atoms with Crippen LogP contribution in [-0.2, 0) is 6.42 Å². The number of nitrogens with zero attached hydrogens (tertiary/aromatic N) is 2. The molecule has 3 aromatic rings. The van der Waals surface area contributed by atoms with Gasteiger partial charge in [-0.2, -0.15) is 4.98 Å². The van der Waals surface area contributed by atoms with Crippen molar-refractivity contribution < 1.29 is 4.74 Å². The average molecular weight is 384 g/mol. The minimum atomic E-state index is 0.203. The Morgan fingerprint density at radius 3 is 2.86 bits per heavy atom. The fourth-order valence-electron chi connectivity index (χ4n) is 1.96. The molecule has 2 heterocycles. The van der Waals surface area contributed by atoms with Gasteiger partial charge in [-0.05, 0) is 48.7 Å². The summed E-state index contributed by atoms with van der Waals surface area (Å²) >= 11 is 11.1. The summed E-state index contributed by atoms with van der Waals surface area (Å²) in [6.45, 7) is 4.10. The van der Waals surface area contributed by atoms with Gasteiger partial charge in [0.05, 0.1) is 5.39 Å². The van der Waals surface area contributed by atoms with Crippen molar-refractivity contribution in [3.8, 4) is 11.6 Å². The fraction of sp³-hybridized carbons (Fsp3) is 0.200.